The number of alkyl halides is 1. The van der Waals surface area contributed by atoms with Crippen LogP contribution in [0.5, 0.6) is 17.2 Å². The molecule has 39 heavy (non-hydrogen) atoms. The zero-order valence-electron chi connectivity index (χ0n) is 23.3. The lowest BCUT2D eigenvalue weighted by Gasteiger charge is -2.24. The number of methoxy groups -OCH3 is 2. The lowest BCUT2D eigenvalue weighted by Crippen LogP contribution is -2.31. The fourth-order valence-corrected chi connectivity index (χ4v) is 4.73. The lowest BCUT2D eigenvalue weighted by atomic mass is 10.1. The molecule has 216 valence electrons. The molecule has 0 spiro atoms. The second-order valence-electron chi connectivity index (χ2n) is 9.53. The number of hydrogen-bond acceptors (Lipinski definition) is 8. The fraction of sp³-hybridized carbons (Fsp3) is 0.567. The average Bonchev–Trinajstić information content (AvgIpc) is 3.25. The minimum atomic E-state index is -0.417. The summed E-state index contributed by atoms with van der Waals surface area (Å²) in [4.78, 5) is 15.1. The molecular formula is C30H43BrN2O6. The van der Waals surface area contributed by atoms with E-state index in [9.17, 15) is 4.79 Å². The largest absolute Gasteiger partial charge is 0.493 e. The maximum absolute atomic E-state index is 12.6. The Balaban J connectivity index is 1.58. The van der Waals surface area contributed by atoms with E-state index in [1.807, 2.05) is 18.2 Å². The van der Waals surface area contributed by atoms with Crippen molar-refractivity contribution in [2.45, 2.75) is 44.8 Å². The quantitative estimate of drug-likeness (QED) is 0.152. The molecule has 3 rings (SSSR count). The number of hydrogen-bond donors (Lipinski definition) is 1. The van der Waals surface area contributed by atoms with Crippen molar-refractivity contribution in [1.82, 2.24) is 10.2 Å². The van der Waals surface area contributed by atoms with Crippen molar-refractivity contribution in [3.05, 3.63) is 53.6 Å². The van der Waals surface area contributed by atoms with Crippen molar-refractivity contribution in [2.24, 2.45) is 0 Å². The van der Waals surface area contributed by atoms with Crippen LogP contribution in [-0.4, -0.2) is 82.5 Å². The summed E-state index contributed by atoms with van der Waals surface area (Å²) in [6.45, 7) is 6.74. The Morgan fingerprint density at radius 2 is 1.82 bits per heavy atom. The Morgan fingerprint density at radius 3 is 2.59 bits per heavy atom. The molecule has 1 aliphatic heterocycles. The maximum Gasteiger partial charge on any atom is 0.338 e. The average molecular weight is 608 g/mol. The molecule has 0 radical (unpaired) electrons. The van der Waals surface area contributed by atoms with Gasteiger partial charge in [0.15, 0.2) is 11.5 Å². The van der Waals surface area contributed by atoms with Gasteiger partial charge in [-0.15, -0.1) is 0 Å². The molecule has 9 heteroatoms. The molecule has 1 fully saturated rings. The number of benzene rings is 2. The van der Waals surface area contributed by atoms with E-state index in [4.69, 9.17) is 23.7 Å². The minimum absolute atomic E-state index is 0.122. The molecular weight excluding hydrogens is 564 g/mol. The van der Waals surface area contributed by atoms with Crippen molar-refractivity contribution in [1.29, 1.82) is 0 Å². The van der Waals surface area contributed by atoms with Gasteiger partial charge in [0.1, 0.15) is 0 Å². The van der Waals surface area contributed by atoms with Crippen LogP contribution < -0.4 is 19.5 Å². The number of rotatable bonds is 17. The Kier molecular flexibility index (Phi) is 14.5. The van der Waals surface area contributed by atoms with Gasteiger partial charge < -0.3 is 33.9 Å². The first-order chi connectivity index (χ1) is 19.1. The number of carbonyl (C=O) groups excluding carboxylic acids is 1. The maximum atomic E-state index is 12.6. The Bertz CT molecular complexity index is 969. The monoisotopic (exact) mass is 606 g/mol. The van der Waals surface area contributed by atoms with Crippen LogP contribution in [0, 0.1) is 0 Å². The van der Waals surface area contributed by atoms with Gasteiger partial charge >= 0.3 is 5.97 Å². The van der Waals surface area contributed by atoms with Crippen LogP contribution in [0.25, 0.3) is 0 Å². The molecule has 1 unspecified atom stereocenters. The van der Waals surface area contributed by atoms with E-state index in [1.165, 1.54) is 19.1 Å². The summed E-state index contributed by atoms with van der Waals surface area (Å²) >= 11 is 3.35. The van der Waals surface area contributed by atoms with Crippen LogP contribution >= 0.6 is 15.9 Å². The topological polar surface area (TPSA) is 78.5 Å². The second kappa shape index (κ2) is 18.1. The lowest BCUT2D eigenvalue weighted by molar-refractivity contribution is 0.0197. The number of nitrogens with one attached hydrogen (secondary N) is 1. The van der Waals surface area contributed by atoms with Crippen molar-refractivity contribution in [3.63, 3.8) is 0 Å². The highest BCUT2D eigenvalue weighted by molar-refractivity contribution is 9.09. The molecule has 0 bridgehead atoms. The molecule has 1 heterocycles. The zero-order valence-corrected chi connectivity index (χ0v) is 24.9. The van der Waals surface area contributed by atoms with Crippen LogP contribution in [0.2, 0.25) is 0 Å². The molecule has 0 aliphatic carbocycles. The number of carbonyl (C=O) groups is 1. The summed E-state index contributed by atoms with van der Waals surface area (Å²) in [6.07, 6.45) is 4.68. The van der Waals surface area contributed by atoms with Gasteiger partial charge in [0.05, 0.1) is 45.7 Å². The summed E-state index contributed by atoms with van der Waals surface area (Å²) in [7, 11) is 3.10. The van der Waals surface area contributed by atoms with Crippen molar-refractivity contribution in [3.8, 4) is 17.2 Å². The van der Waals surface area contributed by atoms with Gasteiger partial charge in [-0.2, -0.15) is 0 Å². The molecule has 8 nitrogen and oxygen atoms in total. The molecule has 0 amide bonds. The molecule has 0 aromatic heterocycles. The Morgan fingerprint density at radius 1 is 1.00 bits per heavy atom. The minimum Gasteiger partial charge on any atom is -0.493 e. The highest BCUT2D eigenvalue weighted by Gasteiger charge is 2.19. The first kappa shape index (κ1) is 31.2. The van der Waals surface area contributed by atoms with Crippen LogP contribution in [-0.2, 0) is 16.1 Å². The van der Waals surface area contributed by atoms with Crippen LogP contribution in [0.15, 0.2) is 42.5 Å². The van der Waals surface area contributed by atoms with E-state index in [0.717, 1.165) is 63.7 Å². The number of nitrogens with zero attached hydrogens (tertiary/aromatic N) is 1. The van der Waals surface area contributed by atoms with E-state index in [2.05, 4.69) is 38.3 Å². The van der Waals surface area contributed by atoms with Crippen molar-refractivity contribution >= 4 is 21.9 Å². The van der Waals surface area contributed by atoms with Crippen molar-refractivity contribution in [2.75, 3.05) is 65.5 Å². The molecule has 1 N–H and O–H groups in total. The predicted molar refractivity (Wildman–Crippen MR) is 157 cm³/mol. The summed E-state index contributed by atoms with van der Waals surface area (Å²) in [5.74, 6) is 0.933. The number of halogens is 1. The van der Waals surface area contributed by atoms with E-state index in [1.54, 1.807) is 19.2 Å². The number of esters is 1. The summed E-state index contributed by atoms with van der Waals surface area (Å²) in [5.41, 5.74) is 1.54. The third-order valence-electron chi connectivity index (χ3n) is 6.65. The van der Waals surface area contributed by atoms with Crippen LogP contribution in [0.1, 0.15) is 48.0 Å². The standard InChI is InChI=1S/C30H43BrN2O6/c1-35-27-21-25(30(34)38-20-7-13-31)22-28(29(27)36-2)37-19-6-11-26(39-23-24-9-4-3-5-10-24)12-17-33-16-8-14-32-15-18-33/h3-5,9-10,21-22,26,32H,6-8,11-20,23H2,1-2H3. The van der Waals surface area contributed by atoms with E-state index in [0.29, 0.717) is 42.6 Å². The van der Waals surface area contributed by atoms with Crippen LogP contribution in [0.4, 0.5) is 0 Å². The van der Waals surface area contributed by atoms with Crippen LogP contribution in [0.3, 0.4) is 0 Å². The SMILES string of the molecule is COc1cc(C(=O)OCCCBr)cc(OCCCC(CCN2CCCNCC2)OCc2ccccc2)c1OC. The predicted octanol–water partition coefficient (Wildman–Crippen LogP) is 5.08. The van der Waals surface area contributed by atoms with Crippen molar-refractivity contribution < 1.29 is 28.5 Å². The van der Waals surface area contributed by atoms with Gasteiger partial charge in [-0.25, -0.2) is 4.79 Å². The second-order valence-corrected chi connectivity index (χ2v) is 10.3. The molecule has 1 atom stereocenters. The van der Waals surface area contributed by atoms with E-state index < -0.39 is 5.97 Å². The third-order valence-corrected chi connectivity index (χ3v) is 7.21. The van der Waals surface area contributed by atoms with Gasteiger partial charge in [0, 0.05) is 25.0 Å². The first-order valence-electron chi connectivity index (χ1n) is 13.8. The van der Waals surface area contributed by atoms with Gasteiger partial charge in [0.25, 0.3) is 0 Å². The van der Waals surface area contributed by atoms with Gasteiger partial charge in [-0.1, -0.05) is 46.3 Å². The summed E-state index contributed by atoms with van der Waals surface area (Å²) < 4.78 is 28.8. The van der Waals surface area contributed by atoms with E-state index in [-0.39, 0.29) is 6.10 Å². The fourth-order valence-electron chi connectivity index (χ4n) is 4.50. The Hall–Kier alpha value is -2.33. The highest BCUT2D eigenvalue weighted by atomic mass is 79.9. The molecule has 2 aromatic rings. The molecule has 2 aromatic carbocycles. The summed E-state index contributed by atoms with van der Waals surface area (Å²) in [5, 5.41) is 4.24. The van der Waals surface area contributed by atoms with Gasteiger partial charge in [0.2, 0.25) is 5.75 Å². The van der Waals surface area contributed by atoms with Gasteiger partial charge in [-0.3, -0.25) is 0 Å². The molecule has 1 aliphatic rings. The normalized spacial score (nSPS) is 14.8. The highest BCUT2D eigenvalue weighted by Crippen LogP contribution is 2.38. The summed E-state index contributed by atoms with van der Waals surface area (Å²) in [6, 6.07) is 13.6. The Labute approximate surface area is 241 Å². The number of ether oxygens (including phenoxy) is 5. The first-order valence-corrected chi connectivity index (χ1v) is 15.0. The zero-order chi connectivity index (χ0) is 27.7. The van der Waals surface area contributed by atoms with Gasteiger partial charge in [-0.05, 0) is 62.9 Å². The molecule has 0 saturated carbocycles. The van der Waals surface area contributed by atoms with E-state index >= 15 is 0 Å². The molecule has 1 saturated heterocycles. The smallest absolute Gasteiger partial charge is 0.338 e. The third kappa shape index (κ3) is 11.0.